The number of hydrogen-bond acceptors (Lipinski definition) is 7. The van der Waals surface area contributed by atoms with Gasteiger partial charge in [0.25, 0.3) is 0 Å². The Morgan fingerprint density at radius 1 is 0.291 bits per heavy atom. The van der Waals surface area contributed by atoms with E-state index in [2.05, 4.69) is 218 Å². The molecule has 0 saturated heterocycles. The van der Waals surface area contributed by atoms with Crippen LogP contribution in [0.5, 0.6) is 34.5 Å². The summed E-state index contributed by atoms with van der Waals surface area (Å²) in [5, 5.41) is 20.9. The lowest BCUT2D eigenvalue weighted by atomic mass is 9.76. The zero-order valence-corrected chi connectivity index (χ0v) is 47.6. The Labute approximate surface area is 499 Å². The Hall–Kier alpha value is -10.6. The van der Waals surface area contributed by atoms with Crippen molar-refractivity contribution < 1.29 is 33.5 Å². The molecular weight excluding hydrogens is 1060 g/mol. The van der Waals surface area contributed by atoms with Gasteiger partial charge in [0.05, 0.1) is 21.3 Å². The van der Waals surface area contributed by atoms with E-state index in [4.69, 9.17) is 28.4 Å². The van der Waals surface area contributed by atoms with Crippen molar-refractivity contribution in [2.45, 2.75) is 22.4 Å². The summed E-state index contributed by atoms with van der Waals surface area (Å²) in [5.74, 6) is 4.53. The van der Waals surface area contributed by atoms with Gasteiger partial charge in [-0.3, -0.25) is 0 Å². The molecule has 15 rings (SSSR count). The van der Waals surface area contributed by atoms with Crippen molar-refractivity contribution in [1.82, 2.24) is 0 Å². The van der Waals surface area contributed by atoms with Gasteiger partial charge >= 0.3 is 0 Å². The van der Waals surface area contributed by atoms with Crippen LogP contribution in [0.4, 0.5) is 0 Å². The van der Waals surface area contributed by atoms with Crippen LogP contribution in [-0.2, 0) is 22.4 Å². The summed E-state index contributed by atoms with van der Waals surface area (Å²) in [5.41, 5.74) is 5.58. The molecule has 0 amide bonds. The number of hydrogen-bond donors (Lipinski definition) is 1. The minimum Gasteiger partial charge on any atom is -0.497 e. The number of ether oxygens (including phenoxy) is 6. The second-order valence-corrected chi connectivity index (χ2v) is 22.2. The SMILES string of the molecule is COc1ccc(C2(c3ccc(C(O)(c4ccc(C5(c6ccc(OC)cc6)C=Cc6c(ccc7ccccc67)O5)cc4)c4ccc(C5(c6ccc(OC)cc6)C=Cc6c(ccc7ccccc67)O5)cc4)cc3)C=Cc3c(ccc4ccccc34)O2)cc1. The highest BCUT2D eigenvalue weighted by Crippen LogP contribution is 2.50. The van der Waals surface area contributed by atoms with Gasteiger partial charge in [0, 0.05) is 50.1 Å². The lowest BCUT2D eigenvalue weighted by Crippen LogP contribution is -2.36. The molecule has 0 fully saturated rings. The van der Waals surface area contributed by atoms with E-state index in [1.54, 1.807) is 21.3 Å². The molecule has 0 aromatic heterocycles. The van der Waals surface area contributed by atoms with Crippen LogP contribution in [-0.4, -0.2) is 26.4 Å². The predicted molar refractivity (Wildman–Crippen MR) is 344 cm³/mol. The van der Waals surface area contributed by atoms with E-state index >= 15 is 0 Å². The van der Waals surface area contributed by atoms with E-state index in [-0.39, 0.29) is 0 Å². The van der Waals surface area contributed by atoms with Gasteiger partial charge in [-0.2, -0.15) is 0 Å². The van der Waals surface area contributed by atoms with E-state index in [9.17, 15) is 5.11 Å². The zero-order valence-electron chi connectivity index (χ0n) is 47.6. The topological polar surface area (TPSA) is 75.6 Å². The number of fused-ring (bicyclic) bond motifs is 9. The minimum atomic E-state index is -1.71. The van der Waals surface area contributed by atoms with Gasteiger partial charge in [-0.1, -0.05) is 200 Å². The van der Waals surface area contributed by atoms with Crippen LogP contribution in [0.15, 0.2) is 273 Å². The highest BCUT2D eigenvalue weighted by molar-refractivity contribution is 5.96. The standard InChI is InChI=1S/C79H58O7/c1-81-64-37-31-58(32-38-64)76(49-46-70-67-13-7-4-10-52(67)16-43-73(70)84-76)55-19-25-61(26-20-55)79(80,62-27-21-56(22-28-62)77(59-33-39-65(82-2)40-34-59)50-47-71-68-14-8-5-11-53(68)17-44-74(71)85-77)63-29-23-57(24-30-63)78(60-35-41-66(83-3)42-36-60)51-48-72-69-15-9-6-12-54(69)18-45-75(72)86-78/h4-51,80H,1-3H3. The molecule has 1 N–H and O–H groups in total. The monoisotopic (exact) mass is 1120 g/mol. The molecule has 0 aliphatic carbocycles. The summed E-state index contributed by atoms with van der Waals surface area (Å²) >= 11 is 0. The van der Waals surface area contributed by atoms with Crippen LogP contribution in [0.1, 0.15) is 66.8 Å². The van der Waals surface area contributed by atoms with Gasteiger partial charge in [-0.15, -0.1) is 0 Å². The Balaban J connectivity index is 0.876. The van der Waals surface area contributed by atoms with Gasteiger partial charge < -0.3 is 33.5 Å². The van der Waals surface area contributed by atoms with E-state index in [1.165, 1.54) is 0 Å². The maximum atomic E-state index is 14.2. The van der Waals surface area contributed by atoms with E-state index < -0.39 is 22.4 Å². The van der Waals surface area contributed by atoms with Gasteiger partial charge in [0.1, 0.15) is 40.1 Å². The maximum absolute atomic E-state index is 14.2. The molecule has 0 saturated carbocycles. The molecule has 3 aliphatic heterocycles. The molecule has 7 heteroatoms. The molecule has 3 heterocycles. The quantitative estimate of drug-likeness (QED) is 0.122. The van der Waals surface area contributed by atoms with Crippen LogP contribution >= 0.6 is 0 Å². The van der Waals surface area contributed by atoms with E-state index in [1.807, 2.05) is 72.8 Å². The zero-order chi connectivity index (χ0) is 58.0. The van der Waals surface area contributed by atoms with Crippen molar-refractivity contribution in [2.75, 3.05) is 21.3 Å². The summed E-state index contributed by atoms with van der Waals surface area (Å²) in [6.45, 7) is 0. The number of benzene rings is 12. The lowest BCUT2D eigenvalue weighted by molar-refractivity contribution is 0.124. The highest BCUT2D eigenvalue weighted by atomic mass is 16.5. The first kappa shape index (κ1) is 52.2. The third kappa shape index (κ3) is 8.37. The van der Waals surface area contributed by atoms with Gasteiger partial charge in [-0.05, 0) is 140 Å². The van der Waals surface area contributed by atoms with Crippen molar-refractivity contribution >= 4 is 50.5 Å². The molecule has 416 valence electrons. The fourth-order valence-corrected chi connectivity index (χ4v) is 13.2. The molecular formula is C79H58O7. The largest absolute Gasteiger partial charge is 0.497 e. The average Bonchev–Trinajstić information content (AvgIpc) is 1.42. The third-order valence-corrected chi connectivity index (χ3v) is 17.8. The fraction of sp³-hybridized carbons (Fsp3) is 0.0886. The third-order valence-electron chi connectivity index (χ3n) is 17.8. The lowest BCUT2D eigenvalue weighted by Gasteiger charge is -2.38. The molecule has 0 bridgehead atoms. The Kier molecular flexibility index (Phi) is 12.5. The normalized spacial score (nSPS) is 18.8. The first-order valence-electron chi connectivity index (χ1n) is 28.9. The fourth-order valence-electron chi connectivity index (χ4n) is 13.2. The van der Waals surface area contributed by atoms with Crippen LogP contribution in [0, 0.1) is 0 Å². The van der Waals surface area contributed by atoms with E-state index in [0.717, 1.165) is 117 Å². The van der Waals surface area contributed by atoms with Crippen LogP contribution in [0.3, 0.4) is 0 Å². The summed E-state index contributed by atoms with van der Waals surface area (Å²) in [6, 6.07) is 86.3. The van der Waals surface area contributed by atoms with Gasteiger partial charge in [0.2, 0.25) is 0 Å². The second kappa shape index (κ2) is 20.6. The Morgan fingerprint density at radius 3 is 0.791 bits per heavy atom. The first-order valence-corrected chi connectivity index (χ1v) is 28.9. The first-order chi connectivity index (χ1) is 42.2. The molecule has 12 aromatic rings. The molecule has 7 nitrogen and oxygen atoms in total. The summed E-state index contributed by atoms with van der Waals surface area (Å²) in [4.78, 5) is 0. The van der Waals surface area contributed by atoms with Crippen molar-refractivity contribution in [1.29, 1.82) is 0 Å². The summed E-state index contributed by atoms with van der Waals surface area (Å²) in [6.07, 6.45) is 13.0. The van der Waals surface area contributed by atoms with Crippen molar-refractivity contribution in [2.24, 2.45) is 0 Å². The van der Waals surface area contributed by atoms with Crippen LogP contribution < -0.4 is 28.4 Å². The van der Waals surface area contributed by atoms with Gasteiger partial charge in [-0.25, -0.2) is 0 Å². The smallest absolute Gasteiger partial charge is 0.178 e. The summed E-state index contributed by atoms with van der Waals surface area (Å²) < 4.78 is 38.7. The Bertz CT molecular complexity index is 4190. The van der Waals surface area contributed by atoms with Crippen molar-refractivity contribution in [3.05, 3.63) is 340 Å². The molecule has 12 aromatic carbocycles. The maximum Gasteiger partial charge on any atom is 0.178 e. The molecule has 3 aliphatic rings. The van der Waals surface area contributed by atoms with Crippen LogP contribution in [0.25, 0.3) is 50.5 Å². The van der Waals surface area contributed by atoms with Crippen molar-refractivity contribution in [3.63, 3.8) is 0 Å². The molecule has 0 radical (unpaired) electrons. The minimum absolute atomic E-state index is 0.650. The second-order valence-electron chi connectivity index (χ2n) is 22.2. The van der Waals surface area contributed by atoms with Gasteiger partial charge in [0.15, 0.2) is 16.8 Å². The predicted octanol–water partition coefficient (Wildman–Crippen LogP) is 17.5. The molecule has 86 heavy (non-hydrogen) atoms. The number of rotatable bonds is 12. The van der Waals surface area contributed by atoms with E-state index in [0.29, 0.717) is 16.7 Å². The molecule has 3 atom stereocenters. The molecule has 3 unspecified atom stereocenters. The number of methoxy groups -OCH3 is 3. The molecule has 0 spiro atoms. The Morgan fingerprint density at radius 2 is 0.535 bits per heavy atom. The van der Waals surface area contributed by atoms with Crippen LogP contribution in [0.2, 0.25) is 0 Å². The summed E-state index contributed by atoms with van der Waals surface area (Å²) in [7, 11) is 5.01. The number of aliphatic hydroxyl groups is 1. The average molecular weight is 1120 g/mol. The van der Waals surface area contributed by atoms with Crippen molar-refractivity contribution in [3.8, 4) is 34.5 Å². The highest BCUT2D eigenvalue weighted by Gasteiger charge is 2.43.